The van der Waals surface area contributed by atoms with E-state index in [0.717, 1.165) is 24.8 Å². The second kappa shape index (κ2) is 5.25. The van der Waals surface area contributed by atoms with E-state index in [1.54, 1.807) is 7.11 Å². The molecule has 2 aromatic rings. The zero-order chi connectivity index (χ0) is 13.2. The van der Waals surface area contributed by atoms with Crippen LogP contribution in [-0.4, -0.2) is 25.2 Å². The molecular formula is C16H22N2O. The molecule has 1 unspecified atom stereocenters. The van der Waals surface area contributed by atoms with Gasteiger partial charge in [-0.1, -0.05) is 6.92 Å². The minimum absolute atomic E-state index is 0.600. The molecule has 1 aliphatic heterocycles. The Hall–Kier alpha value is -1.48. The van der Waals surface area contributed by atoms with Crippen LogP contribution in [0.1, 0.15) is 31.2 Å². The molecule has 0 radical (unpaired) electrons. The molecule has 3 rings (SSSR count). The summed E-state index contributed by atoms with van der Waals surface area (Å²) in [5.41, 5.74) is 2.64. The topological polar surface area (TPSA) is 37.0 Å². The first-order valence-corrected chi connectivity index (χ1v) is 7.15. The molecule has 1 aliphatic rings. The maximum atomic E-state index is 5.35. The maximum Gasteiger partial charge on any atom is 0.119 e. The van der Waals surface area contributed by atoms with Crippen LogP contribution >= 0.6 is 0 Å². The van der Waals surface area contributed by atoms with Gasteiger partial charge in [-0.25, -0.2) is 0 Å². The minimum Gasteiger partial charge on any atom is -0.497 e. The van der Waals surface area contributed by atoms with Crippen molar-refractivity contribution in [1.82, 2.24) is 10.3 Å². The minimum atomic E-state index is 0.600. The molecule has 2 N–H and O–H groups in total. The highest BCUT2D eigenvalue weighted by molar-refractivity contribution is 5.85. The van der Waals surface area contributed by atoms with Gasteiger partial charge in [-0.05, 0) is 61.5 Å². The number of hydrogen-bond acceptors (Lipinski definition) is 2. The lowest BCUT2D eigenvalue weighted by Gasteiger charge is -2.28. The van der Waals surface area contributed by atoms with Crippen LogP contribution in [0, 0.1) is 5.92 Å². The van der Waals surface area contributed by atoms with E-state index in [1.165, 1.54) is 29.3 Å². The number of ether oxygens (including phenoxy) is 1. The average molecular weight is 258 g/mol. The molecule has 1 saturated heterocycles. The van der Waals surface area contributed by atoms with Crippen molar-refractivity contribution in [3.63, 3.8) is 0 Å². The van der Waals surface area contributed by atoms with Crippen LogP contribution in [0.5, 0.6) is 5.75 Å². The zero-order valence-electron chi connectivity index (χ0n) is 11.7. The second-order valence-electron chi connectivity index (χ2n) is 5.53. The van der Waals surface area contributed by atoms with Gasteiger partial charge in [0, 0.05) is 17.1 Å². The first-order valence-electron chi connectivity index (χ1n) is 7.15. The molecule has 102 valence electrons. The summed E-state index contributed by atoms with van der Waals surface area (Å²) >= 11 is 0. The van der Waals surface area contributed by atoms with Crippen LogP contribution in [-0.2, 0) is 0 Å². The predicted octanol–water partition coefficient (Wildman–Crippen LogP) is 3.28. The summed E-state index contributed by atoms with van der Waals surface area (Å²) in [5.74, 6) is 2.32. The number of aromatic nitrogens is 1. The fourth-order valence-corrected chi connectivity index (χ4v) is 3.22. The van der Waals surface area contributed by atoms with E-state index < -0.39 is 0 Å². The lowest BCUT2D eigenvalue weighted by atomic mass is 9.81. The average Bonchev–Trinajstić information content (AvgIpc) is 2.90. The van der Waals surface area contributed by atoms with E-state index in [9.17, 15) is 0 Å². The van der Waals surface area contributed by atoms with Crippen molar-refractivity contribution >= 4 is 10.9 Å². The SMILES string of the molecule is COc1ccc2[nH]cc(C(C)C3CCNCC3)c2c1. The third-order valence-electron chi connectivity index (χ3n) is 4.50. The molecular weight excluding hydrogens is 236 g/mol. The molecule has 1 aromatic carbocycles. The highest BCUT2D eigenvalue weighted by Gasteiger charge is 2.23. The fraction of sp³-hybridized carbons (Fsp3) is 0.500. The molecule has 1 fully saturated rings. The number of nitrogens with one attached hydrogen (secondary N) is 2. The molecule has 0 bridgehead atoms. The predicted molar refractivity (Wildman–Crippen MR) is 78.9 cm³/mol. The molecule has 0 aliphatic carbocycles. The van der Waals surface area contributed by atoms with E-state index in [1.807, 2.05) is 6.07 Å². The molecule has 0 amide bonds. The van der Waals surface area contributed by atoms with Gasteiger partial charge in [-0.15, -0.1) is 0 Å². The quantitative estimate of drug-likeness (QED) is 0.886. The van der Waals surface area contributed by atoms with Crippen LogP contribution < -0.4 is 10.1 Å². The summed E-state index contributed by atoms with van der Waals surface area (Å²) in [6.45, 7) is 4.67. The van der Waals surface area contributed by atoms with Gasteiger partial charge in [0.25, 0.3) is 0 Å². The Morgan fingerprint density at radius 2 is 2.05 bits per heavy atom. The standard InChI is InChI=1S/C16H22N2O/c1-11(12-5-7-17-8-6-12)15-10-18-16-4-3-13(19-2)9-14(15)16/h3-4,9-12,17-18H,5-8H2,1-2H3. The van der Waals surface area contributed by atoms with E-state index >= 15 is 0 Å². The van der Waals surface area contributed by atoms with Crippen LogP contribution in [0.4, 0.5) is 0 Å². The van der Waals surface area contributed by atoms with Crippen LogP contribution in [0.2, 0.25) is 0 Å². The largest absolute Gasteiger partial charge is 0.497 e. The maximum absolute atomic E-state index is 5.35. The molecule has 2 heterocycles. The van der Waals surface area contributed by atoms with Gasteiger partial charge in [-0.3, -0.25) is 0 Å². The second-order valence-corrected chi connectivity index (χ2v) is 5.53. The first kappa shape index (κ1) is 12.5. The van der Waals surface area contributed by atoms with Gasteiger partial charge in [-0.2, -0.15) is 0 Å². The molecule has 1 aromatic heterocycles. The van der Waals surface area contributed by atoms with Crippen molar-refractivity contribution in [2.24, 2.45) is 5.92 Å². The monoisotopic (exact) mass is 258 g/mol. The summed E-state index contributed by atoms with van der Waals surface area (Å²) in [5, 5.41) is 4.75. The number of fused-ring (bicyclic) bond motifs is 1. The van der Waals surface area contributed by atoms with Gasteiger partial charge in [0.05, 0.1) is 7.11 Å². The Morgan fingerprint density at radius 3 is 2.79 bits per heavy atom. The van der Waals surface area contributed by atoms with Crippen LogP contribution in [0.15, 0.2) is 24.4 Å². The highest BCUT2D eigenvalue weighted by Crippen LogP contribution is 2.35. The molecule has 3 nitrogen and oxygen atoms in total. The number of piperidine rings is 1. The van der Waals surface area contributed by atoms with Crippen LogP contribution in [0.25, 0.3) is 10.9 Å². The first-order chi connectivity index (χ1) is 9.29. The lowest BCUT2D eigenvalue weighted by Crippen LogP contribution is -2.30. The van der Waals surface area contributed by atoms with Crippen LogP contribution in [0.3, 0.4) is 0 Å². The molecule has 0 saturated carbocycles. The summed E-state index contributed by atoms with van der Waals surface area (Å²) in [7, 11) is 1.73. The van der Waals surface area contributed by atoms with Crippen molar-refractivity contribution < 1.29 is 4.74 Å². The van der Waals surface area contributed by atoms with E-state index in [2.05, 4.69) is 35.6 Å². The lowest BCUT2D eigenvalue weighted by molar-refractivity contribution is 0.331. The smallest absolute Gasteiger partial charge is 0.119 e. The molecule has 19 heavy (non-hydrogen) atoms. The van der Waals surface area contributed by atoms with Gasteiger partial charge in [0.2, 0.25) is 0 Å². The molecule has 1 atom stereocenters. The Balaban J connectivity index is 1.94. The van der Waals surface area contributed by atoms with E-state index in [4.69, 9.17) is 4.74 Å². The van der Waals surface area contributed by atoms with Gasteiger partial charge in [0.1, 0.15) is 5.75 Å². The Bertz CT molecular complexity index is 555. The Labute approximate surface area is 114 Å². The van der Waals surface area contributed by atoms with E-state index in [-0.39, 0.29) is 0 Å². The highest BCUT2D eigenvalue weighted by atomic mass is 16.5. The number of rotatable bonds is 3. The van der Waals surface area contributed by atoms with Gasteiger partial charge in [0.15, 0.2) is 0 Å². The number of H-pyrrole nitrogens is 1. The number of benzene rings is 1. The summed E-state index contributed by atoms with van der Waals surface area (Å²) in [6.07, 6.45) is 4.73. The Morgan fingerprint density at radius 1 is 1.26 bits per heavy atom. The summed E-state index contributed by atoms with van der Waals surface area (Å²) in [4.78, 5) is 3.39. The van der Waals surface area contributed by atoms with Crippen molar-refractivity contribution in [3.05, 3.63) is 30.0 Å². The number of methoxy groups -OCH3 is 1. The molecule has 0 spiro atoms. The van der Waals surface area contributed by atoms with E-state index in [0.29, 0.717) is 5.92 Å². The third-order valence-corrected chi connectivity index (χ3v) is 4.50. The third kappa shape index (κ3) is 2.35. The fourth-order valence-electron chi connectivity index (χ4n) is 3.22. The zero-order valence-corrected chi connectivity index (χ0v) is 11.7. The van der Waals surface area contributed by atoms with Gasteiger partial charge < -0.3 is 15.0 Å². The summed E-state index contributed by atoms with van der Waals surface area (Å²) < 4.78 is 5.35. The summed E-state index contributed by atoms with van der Waals surface area (Å²) in [6, 6.07) is 6.27. The Kier molecular flexibility index (Phi) is 3.47. The normalized spacial score (nSPS) is 18.6. The molecule has 3 heteroatoms. The van der Waals surface area contributed by atoms with Crippen molar-refractivity contribution in [2.75, 3.05) is 20.2 Å². The van der Waals surface area contributed by atoms with Crippen molar-refractivity contribution in [2.45, 2.75) is 25.7 Å². The van der Waals surface area contributed by atoms with Crippen molar-refractivity contribution in [1.29, 1.82) is 0 Å². The number of hydrogen-bond donors (Lipinski definition) is 2. The number of aromatic amines is 1. The van der Waals surface area contributed by atoms with Crippen molar-refractivity contribution in [3.8, 4) is 5.75 Å². The van der Waals surface area contributed by atoms with Gasteiger partial charge >= 0.3 is 0 Å².